The molecule has 0 aromatic carbocycles. The Kier molecular flexibility index (Phi) is 3.87. The molecule has 11 heavy (non-hydrogen) atoms. The van der Waals surface area contributed by atoms with Gasteiger partial charge < -0.3 is 4.90 Å². The lowest BCUT2D eigenvalue weighted by molar-refractivity contribution is 0.125. The van der Waals surface area contributed by atoms with Crippen molar-refractivity contribution in [1.82, 2.24) is 4.90 Å². The van der Waals surface area contributed by atoms with Gasteiger partial charge >= 0.3 is 0 Å². The van der Waals surface area contributed by atoms with Crippen molar-refractivity contribution < 1.29 is 5.11 Å². The number of likely N-dealkylation sites (tertiary alicyclic amines) is 1. The summed E-state index contributed by atoms with van der Waals surface area (Å²) < 4.78 is 0. The molecule has 0 aromatic heterocycles. The van der Waals surface area contributed by atoms with Crippen LogP contribution in [0.2, 0.25) is 0 Å². The summed E-state index contributed by atoms with van der Waals surface area (Å²) in [6.07, 6.45) is 3.45. The van der Waals surface area contributed by atoms with Gasteiger partial charge in [-0.15, -0.1) is 0 Å². The highest BCUT2D eigenvalue weighted by molar-refractivity contribution is 4.71. The van der Waals surface area contributed by atoms with Gasteiger partial charge in [-0.25, -0.2) is 5.11 Å². The molecule has 1 aliphatic rings. The third-order valence-corrected chi connectivity index (χ3v) is 2.58. The molecule has 0 aromatic rings. The maximum absolute atomic E-state index is 10.4. The van der Waals surface area contributed by atoms with Crippen molar-refractivity contribution in [3.05, 3.63) is 0 Å². The molecule has 2 heteroatoms. The normalized spacial score (nSPS) is 27.3. The van der Waals surface area contributed by atoms with Gasteiger partial charge in [0.15, 0.2) is 0 Å². The van der Waals surface area contributed by atoms with Gasteiger partial charge in [0.2, 0.25) is 0 Å². The van der Waals surface area contributed by atoms with Crippen molar-refractivity contribution in [2.24, 2.45) is 5.92 Å². The van der Waals surface area contributed by atoms with Crippen LogP contribution in [-0.4, -0.2) is 31.1 Å². The molecule has 1 heterocycles. The minimum absolute atomic E-state index is 0.113. The second kappa shape index (κ2) is 4.73. The van der Waals surface area contributed by atoms with Gasteiger partial charge in [-0.2, -0.15) is 0 Å². The van der Waals surface area contributed by atoms with E-state index in [4.69, 9.17) is 0 Å². The summed E-state index contributed by atoms with van der Waals surface area (Å²) in [5, 5.41) is 10.4. The predicted molar refractivity (Wildman–Crippen MR) is 45.0 cm³/mol. The number of rotatable bonds is 3. The molecule has 0 saturated carbocycles. The molecule has 1 unspecified atom stereocenters. The monoisotopic (exact) mass is 156 g/mol. The van der Waals surface area contributed by atoms with Crippen molar-refractivity contribution in [1.29, 1.82) is 0 Å². The Morgan fingerprint density at radius 2 is 2.36 bits per heavy atom. The van der Waals surface area contributed by atoms with E-state index in [1.807, 2.05) is 0 Å². The van der Waals surface area contributed by atoms with Crippen LogP contribution in [0.4, 0.5) is 0 Å². The summed E-state index contributed by atoms with van der Waals surface area (Å²) in [6, 6.07) is 0. The van der Waals surface area contributed by atoms with Gasteiger partial charge in [-0.1, -0.05) is 6.92 Å². The molecule has 0 amide bonds. The smallest absolute Gasteiger partial charge is 0.0825 e. The highest BCUT2D eigenvalue weighted by atomic mass is 16.3. The second-order valence-electron chi connectivity index (χ2n) is 3.39. The van der Waals surface area contributed by atoms with Crippen LogP contribution < -0.4 is 0 Å². The topological polar surface area (TPSA) is 23.1 Å². The minimum Gasteiger partial charge on any atom is -0.303 e. The standard InChI is InChI=1S/C9H18NO/c1-2-10-6-3-4-9(8-10)5-7-11/h9H,2-8H2,1H3. The number of hydrogen-bond donors (Lipinski definition) is 0. The van der Waals surface area contributed by atoms with Gasteiger partial charge in [-0.3, -0.25) is 0 Å². The zero-order valence-corrected chi connectivity index (χ0v) is 7.38. The second-order valence-corrected chi connectivity index (χ2v) is 3.39. The summed E-state index contributed by atoms with van der Waals surface area (Å²) in [6.45, 7) is 5.86. The molecule has 1 atom stereocenters. The Balaban J connectivity index is 2.21. The van der Waals surface area contributed by atoms with Gasteiger partial charge in [0, 0.05) is 6.54 Å². The maximum Gasteiger partial charge on any atom is 0.0825 e. The fraction of sp³-hybridized carbons (Fsp3) is 1.00. The fourth-order valence-corrected chi connectivity index (χ4v) is 1.84. The van der Waals surface area contributed by atoms with Crippen LogP contribution in [0.25, 0.3) is 0 Å². The van der Waals surface area contributed by atoms with E-state index in [1.165, 1.54) is 25.9 Å². The van der Waals surface area contributed by atoms with E-state index in [-0.39, 0.29) is 6.61 Å². The first-order valence-electron chi connectivity index (χ1n) is 4.67. The Labute approximate surface area is 69.2 Å². The third kappa shape index (κ3) is 2.80. The lowest BCUT2D eigenvalue weighted by atomic mass is 9.95. The first kappa shape index (κ1) is 9.01. The van der Waals surface area contributed by atoms with E-state index < -0.39 is 0 Å². The summed E-state index contributed by atoms with van der Waals surface area (Å²) in [4.78, 5) is 2.45. The van der Waals surface area contributed by atoms with E-state index in [1.54, 1.807) is 0 Å². The number of nitrogens with zero attached hydrogens (tertiary/aromatic N) is 1. The van der Waals surface area contributed by atoms with Gasteiger partial charge in [0.1, 0.15) is 0 Å². The molecule has 1 aliphatic heterocycles. The van der Waals surface area contributed by atoms with Gasteiger partial charge in [-0.05, 0) is 38.3 Å². The zero-order valence-electron chi connectivity index (χ0n) is 7.38. The van der Waals surface area contributed by atoms with E-state index in [0.29, 0.717) is 5.92 Å². The predicted octanol–water partition coefficient (Wildman–Crippen LogP) is 1.54. The third-order valence-electron chi connectivity index (χ3n) is 2.58. The molecule has 0 bridgehead atoms. The lowest BCUT2D eigenvalue weighted by Gasteiger charge is -2.31. The molecular formula is C9H18NO. The molecular weight excluding hydrogens is 138 g/mol. The average Bonchev–Trinajstić information content (AvgIpc) is 2.06. The van der Waals surface area contributed by atoms with Crippen molar-refractivity contribution in [2.75, 3.05) is 26.2 Å². The molecule has 0 aliphatic carbocycles. The average molecular weight is 156 g/mol. The van der Waals surface area contributed by atoms with Crippen molar-refractivity contribution in [2.45, 2.75) is 26.2 Å². The molecule has 65 valence electrons. The van der Waals surface area contributed by atoms with Crippen LogP contribution in [-0.2, 0) is 5.11 Å². The van der Waals surface area contributed by atoms with Gasteiger partial charge in [0.25, 0.3) is 0 Å². The van der Waals surface area contributed by atoms with Crippen LogP contribution in [0.5, 0.6) is 0 Å². The Morgan fingerprint density at radius 1 is 1.55 bits per heavy atom. The van der Waals surface area contributed by atoms with E-state index in [9.17, 15) is 5.11 Å². The molecule has 1 radical (unpaired) electrons. The van der Waals surface area contributed by atoms with Crippen LogP contribution in [0.15, 0.2) is 0 Å². The van der Waals surface area contributed by atoms with E-state index in [2.05, 4.69) is 11.8 Å². The van der Waals surface area contributed by atoms with E-state index in [0.717, 1.165) is 13.0 Å². The fourth-order valence-electron chi connectivity index (χ4n) is 1.84. The quantitative estimate of drug-likeness (QED) is 0.608. The highest BCUT2D eigenvalue weighted by Crippen LogP contribution is 2.18. The molecule has 2 nitrogen and oxygen atoms in total. The van der Waals surface area contributed by atoms with Crippen LogP contribution in [0.1, 0.15) is 26.2 Å². The van der Waals surface area contributed by atoms with Crippen LogP contribution in [0.3, 0.4) is 0 Å². The largest absolute Gasteiger partial charge is 0.303 e. The zero-order chi connectivity index (χ0) is 8.10. The van der Waals surface area contributed by atoms with Crippen molar-refractivity contribution in [3.8, 4) is 0 Å². The van der Waals surface area contributed by atoms with E-state index >= 15 is 0 Å². The molecule has 1 fully saturated rings. The minimum atomic E-state index is 0.113. The summed E-state index contributed by atoms with van der Waals surface area (Å²) >= 11 is 0. The van der Waals surface area contributed by atoms with Crippen LogP contribution in [0, 0.1) is 5.92 Å². The molecule has 1 rings (SSSR count). The number of piperidine rings is 1. The Morgan fingerprint density at radius 3 is 3.00 bits per heavy atom. The lowest BCUT2D eigenvalue weighted by Crippen LogP contribution is -2.35. The summed E-state index contributed by atoms with van der Waals surface area (Å²) in [5.74, 6) is 0.696. The number of hydrogen-bond acceptors (Lipinski definition) is 1. The molecule has 0 spiro atoms. The SMILES string of the molecule is CCN1CCCC(CC[O])C1. The van der Waals surface area contributed by atoms with Crippen LogP contribution >= 0.6 is 0 Å². The first-order chi connectivity index (χ1) is 5.36. The first-order valence-corrected chi connectivity index (χ1v) is 4.67. The summed E-state index contributed by atoms with van der Waals surface area (Å²) in [7, 11) is 0. The Bertz CT molecular complexity index is 104. The van der Waals surface area contributed by atoms with Crippen molar-refractivity contribution in [3.63, 3.8) is 0 Å². The Hall–Kier alpha value is -0.0800. The highest BCUT2D eigenvalue weighted by Gasteiger charge is 2.17. The maximum atomic E-state index is 10.4. The van der Waals surface area contributed by atoms with Crippen molar-refractivity contribution >= 4 is 0 Å². The molecule has 0 N–H and O–H groups in total. The summed E-state index contributed by atoms with van der Waals surface area (Å²) in [5.41, 5.74) is 0. The molecule has 1 saturated heterocycles. The van der Waals surface area contributed by atoms with Gasteiger partial charge in [0.05, 0.1) is 6.61 Å².